The van der Waals surface area contributed by atoms with Crippen molar-refractivity contribution in [3.05, 3.63) is 57.5 Å². The lowest BCUT2D eigenvalue weighted by molar-refractivity contribution is -0.118. The molecule has 0 aliphatic heterocycles. The van der Waals surface area contributed by atoms with Gasteiger partial charge >= 0.3 is 5.69 Å². The first-order valence-electron chi connectivity index (χ1n) is 7.37. The quantitative estimate of drug-likeness (QED) is 0.718. The predicted octanol–water partition coefficient (Wildman–Crippen LogP) is 0.0447. The first-order valence-corrected chi connectivity index (χ1v) is 7.37. The van der Waals surface area contributed by atoms with Gasteiger partial charge in [-0.3, -0.25) is 18.7 Å². The van der Waals surface area contributed by atoms with Crippen LogP contribution in [0.25, 0.3) is 10.9 Å². The minimum Gasteiger partial charge on any atom is -0.467 e. The fourth-order valence-corrected chi connectivity index (χ4v) is 2.26. The van der Waals surface area contributed by atoms with Gasteiger partial charge in [0.25, 0.3) is 11.5 Å². The fraction of sp³-hybridized carbons (Fsp3) is 0.188. The standard InChI is InChI=1S/C16H15N5O4/c1-20-12(7-14(23)21(2)16(20)24)19-13(22)8-25-15-10-5-3-4-6-11(10)17-9-18-15/h3-7,9H,8H2,1-2H3,(H,19,22). The number of anilines is 1. The zero-order chi connectivity index (χ0) is 18.0. The molecule has 3 aromatic rings. The van der Waals surface area contributed by atoms with Crippen LogP contribution in [0.3, 0.4) is 0 Å². The first-order chi connectivity index (χ1) is 12.0. The number of hydrogen-bond acceptors (Lipinski definition) is 6. The lowest BCUT2D eigenvalue weighted by Crippen LogP contribution is -2.38. The van der Waals surface area contributed by atoms with Gasteiger partial charge in [0.1, 0.15) is 12.1 Å². The van der Waals surface area contributed by atoms with E-state index in [-0.39, 0.29) is 18.3 Å². The molecule has 0 atom stereocenters. The van der Waals surface area contributed by atoms with Crippen molar-refractivity contribution >= 4 is 22.6 Å². The summed E-state index contributed by atoms with van der Waals surface area (Å²) < 4.78 is 7.55. The maximum atomic E-state index is 12.1. The number of carbonyl (C=O) groups excluding carboxylic acids is 1. The van der Waals surface area contributed by atoms with Gasteiger partial charge in [-0.1, -0.05) is 12.1 Å². The SMILES string of the molecule is Cn1c(NC(=O)COc2ncnc3ccccc23)cc(=O)n(C)c1=O. The summed E-state index contributed by atoms with van der Waals surface area (Å²) in [5, 5.41) is 3.16. The molecule has 9 nitrogen and oxygen atoms in total. The first kappa shape index (κ1) is 16.4. The summed E-state index contributed by atoms with van der Waals surface area (Å²) in [6, 6.07) is 8.41. The summed E-state index contributed by atoms with van der Waals surface area (Å²) >= 11 is 0. The molecule has 3 rings (SSSR count). The molecule has 2 heterocycles. The van der Waals surface area contributed by atoms with Crippen molar-refractivity contribution in [3.63, 3.8) is 0 Å². The third-order valence-electron chi connectivity index (χ3n) is 3.64. The summed E-state index contributed by atoms with van der Waals surface area (Å²) in [5.74, 6) is -0.154. The largest absolute Gasteiger partial charge is 0.467 e. The summed E-state index contributed by atoms with van der Waals surface area (Å²) in [6.45, 7) is -0.329. The zero-order valence-electron chi connectivity index (χ0n) is 13.6. The van der Waals surface area contributed by atoms with Crippen LogP contribution < -0.4 is 21.3 Å². The van der Waals surface area contributed by atoms with Crippen molar-refractivity contribution in [2.45, 2.75) is 0 Å². The molecule has 0 aliphatic carbocycles. The van der Waals surface area contributed by atoms with Crippen LogP contribution in [0.2, 0.25) is 0 Å². The highest BCUT2D eigenvalue weighted by Crippen LogP contribution is 2.20. The predicted molar refractivity (Wildman–Crippen MR) is 90.6 cm³/mol. The number of hydrogen-bond donors (Lipinski definition) is 1. The molecule has 1 amide bonds. The van der Waals surface area contributed by atoms with E-state index >= 15 is 0 Å². The summed E-state index contributed by atoms with van der Waals surface area (Å²) in [7, 11) is 2.82. The van der Waals surface area contributed by atoms with E-state index in [2.05, 4.69) is 15.3 Å². The Morgan fingerprint density at radius 1 is 1.16 bits per heavy atom. The second kappa shape index (κ2) is 6.56. The lowest BCUT2D eigenvalue weighted by atomic mass is 10.2. The van der Waals surface area contributed by atoms with Crippen LogP contribution in [0.5, 0.6) is 5.88 Å². The molecule has 0 spiro atoms. The van der Waals surface area contributed by atoms with Crippen LogP contribution in [-0.4, -0.2) is 31.6 Å². The van der Waals surface area contributed by atoms with E-state index in [4.69, 9.17) is 4.74 Å². The molecule has 0 aliphatic rings. The third kappa shape index (κ3) is 3.25. The van der Waals surface area contributed by atoms with Crippen LogP contribution in [0.15, 0.2) is 46.2 Å². The number of aromatic nitrogens is 4. The smallest absolute Gasteiger partial charge is 0.332 e. The number of nitrogens with one attached hydrogen (secondary N) is 1. The Hall–Kier alpha value is -3.49. The van der Waals surface area contributed by atoms with Crippen LogP contribution in [0, 0.1) is 0 Å². The Bertz CT molecular complexity index is 1060. The maximum absolute atomic E-state index is 12.1. The van der Waals surface area contributed by atoms with Crippen molar-refractivity contribution in [1.82, 2.24) is 19.1 Å². The van der Waals surface area contributed by atoms with E-state index in [9.17, 15) is 14.4 Å². The number of fused-ring (bicyclic) bond motifs is 1. The van der Waals surface area contributed by atoms with Gasteiger partial charge in [0.2, 0.25) is 5.88 Å². The average molecular weight is 341 g/mol. The Kier molecular flexibility index (Phi) is 4.29. The molecule has 1 N–H and O–H groups in total. The number of amides is 1. The van der Waals surface area contributed by atoms with E-state index in [0.29, 0.717) is 10.9 Å². The van der Waals surface area contributed by atoms with E-state index in [1.807, 2.05) is 12.1 Å². The Morgan fingerprint density at radius 2 is 1.92 bits per heavy atom. The number of para-hydroxylation sites is 1. The molecule has 9 heteroatoms. The minimum absolute atomic E-state index is 0.0919. The molecular formula is C16H15N5O4. The van der Waals surface area contributed by atoms with Crippen molar-refractivity contribution in [2.24, 2.45) is 14.1 Å². The molecule has 0 fully saturated rings. The highest BCUT2D eigenvalue weighted by molar-refractivity contribution is 5.91. The normalized spacial score (nSPS) is 10.6. The summed E-state index contributed by atoms with van der Waals surface area (Å²) in [4.78, 5) is 43.7. The summed E-state index contributed by atoms with van der Waals surface area (Å²) in [5.41, 5.74) is -0.353. The second-order valence-electron chi connectivity index (χ2n) is 5.30. The van der Waals surface area contributed by atoms with Crippen molar-refractivity contribution in [3.8, 4) is 5.88 Å². The lowest BCUT2D eigenvalue weighted by Gasteiger charge is -2.11. The van der Waals surface area contributed by atoms with Gasteiger partial charge < -0.3 is 10.1 Å². The molecule has 0 radical (unpaired) electrons. The fourth-order valence-electron chi connectivity index (χ4n) is 2.26. The van der Waals surface area contributed by atoms with Gasteiger partial charge in [-0.15, -0.1) is 0 Å². The second-order valence-corrected chi connectivity index (χ2v) is 5.30. The Labute approximate surface area is 141 Å². The number of benzene rings is 1. The topological polar surface area (TPSA) is 108 Å². The Morgan fingerprint density at radius 3 is 2.72 bits per heavy atom. The van der Waals surface area contributed by atoms with Gasteiger partial charge in [0, 0.05) is 20.2 Å². The van der Waals surface area contributed by atoms with Crippen molar-refractivity contribution in [1.29, 1.82) is 0 Å². The van der Waals surface area contributed by atoms with Crippen LogP contribution in [0.4, 0.5) is 5.82 Å². The number of rotatable bonds is 4. The molecule has 0 unspecified atom stereocenters. The van der Waals surface area contributed by atoms with Gasteiger partial charge in [-0.2, -0.15) is 0 Å². The molecular weight excluding hydrogens is 326 g/mol. The van der Waals surface area contributed by atoms with Crippen LogP contribution in [-0.2, 0) is 18.9 Å². The van der Waals surface area contributed by atoms with E-state index in [1.165, 1.54) is 31.1 Å². The van der Waals surface area contributed by atoms with Crippen LogP contribution in [0.1, 0.15) is 0 Å². The zero-order valence-corrected chi connectivity index (χ0v) is 13.6. The minimum atomic E-state index is -0.537. The Balaban J connectivity index is 1.76. The van der Waals surface area contributed by atoms with E-state index < -0.39 is 17.2 Å². The maximum Gasteiger partial charge on any atom is 0.332 e. The van der Waals surface area contributed by atoms with E-state index in [1.54, 1.807) is 12.1 Å². The highest BCUT2D eigenvalue weighted by Gasteiger charge is 2.11. The number of carbonyl (C=O) groups is 1. The number of ether oxygens (including phenoxy) is 1. The van der Waals surface area contributed by atoms with Gasteiger partial charge in [-0.05, 0) is 12.1 Å². The third-order valence-corrected chi connectivity index (χ3v) is 3.64. The van der Waals surface area contributed by atoms with E-state index in [0.717, 1.165) is 4.57 Å². The molecule has 1 aromatic carbocycles. The average Bonchev–Trinajstić information content (AvgIpc) is 2.62. The molecule has 25 heavy (non-hydrogen) atoms. The molecule has 0 saturated heterocycles. The van der Waals surface area contributed by atoms with Gasteiger partial charge in [0.15, 0.2) is 6.61 Å². The monoisotopic (exact) mass is 341 g/mol. The molecule has 2 aromatic heterocycles. The van der Waals surface area contributed by atoms with Crippen molar-refractivity contribution < 1.29 is 9.53 Å². The molecule has 0 saturated carbocycles. The summed E-state index contributed by atoms with van der Waals surface area (Å²) in [6.07, 6.45) is 1.35. The van der Waals surface area contributed by atoms with Gasteiger partial charge in [-0.25, -0.2) is 14.8 Å². The van der Waals surface area contributed by atoms with Gasteiger partial charge in [0.05, 0.1) is 10.9 Å². The van der Waals surface area contributed by atoms with Crippen molar-refractivity contribution in [2.75, 3.05) is 11.9 Å². The number of nitrogens with zero attached hydrogens (tertiary/aromatic N) is 4. The molecule has 0 bridgehead atoms. The molecule has 128 valence electrons. The van der Waals surface area contributed by atoms with Crippen LogP contribution >= 0.6 is 0 Å². The highest BCUT2D eigenvalue weighted by atomic mass is 16.5.